The number of rotatable bonds is 5. The first-order valence-electron chi connectivity index (χ1n) is 5.78. The summed E-state index contributed by atoms with van der Waals surface area (Å²) in [5, 5.41) is 3.37. The lowest BCUT2D eigenvalue weighted by atomic mass is 10.1. The van der Waals surface area contributed by atoms with Gasteiger partial charge in [0.05, 0.1) is 12.2 Å². The Balaban J connectivity index is 2.59. The number of nitrogens with zero attached hydrogens (tertiary/aromatic N) is 1. The van der Waals surface area contributed by atoms with E-state index in [-0.39, 0.29) is 0 Å². The lowest BCUT2D eigenvalue weighted by Gasteiger charge is -2.12. The summed E-state index contributed by atoms with van der Waals surface area (Å²) in [5.74, 6) is 0. The number of hydrogen-bond donors (Lipinski definition) is 1. The van der Waals surface area contributed by atoms with Crippen LogP contribution in [0.5, 0.6) is 0 Å². The predicted octanol–water partition coefficient (Wildman–Crippen LogP) is 3.88. The Morgan fingerprint density at radius 2 is 2.00 bits per heavy atom. The molecule has 0 saturated carbocycles. The first-order valence-corrected chi connectivity index (χ1v) is 5.78. The Bertz CT molecular complexity index is 422. The molecule has 0 saturated heterocycles. The van der Waals surface area contributed by atoms with Crippen LogP contribution in [0.3, 0.4) is 0 Å². The second kappa shape index (κ2) is 6.69. The van der Waals surface area contributed by atoms with Crippen molar-refractivity contribution in [2.75, 3.05) is 11.9 Å². The van der Waals surface area contributed by atoms with Gasteiger partial charge in [0.25, 0.3) is 0 Å². The molecule has 0 heterocycles. The normalized spacial score (nSPS) is 11.2. The zero-order valence-electron chi connectivity index (χ0n) is 10.8. The highest BCUT2D eigenvalue weighted by Gasteiger charge is 2.00. The summed E-state index contributed by atoms with van der Waals surface area (Å²) in [5.41, 5.74) is 4.49. The molecule has 17 heavy (non-hydrogen) atoms. The number of aliphatic imine (C=N–C) groups is 1. The maximum atomic E-state index is 4.22. The van der Waals surface area contributed by atoms with Gasteiger partial charge in [0, 0.05) is 11.9 Å². The first-order chi connectivity index (χ1) is 8.15. The summed E-state index contributed by atoms with van der Waals surface area (Å²) in [6, 6.07) is 6.26. The molecule has 90 valence electrons. The van der Waals surface area contributed by atoms with Gasteiger partial charge in [0.15, 0.2) is 0 Å². The highest BCUT2D eigenvalue weighted by Crippen LogP contribution is 2.19. The Morgan fingerprint density at radius 1 is 1.35 bits per heavy atom. The summed E-state index contributed by atoms with van der Waals surface area (Å²) in [4.78, 5) is 4.22. The molecule has 0 unspecified atom stereocenters. The molecule has 0 spiro atoms. The molecule has 0 atom stereocenters. The zero-order chi connectivity index (χ0) is 12.7. The van der Waals surface area contributed by atoms with E-state index in [0.29, 0.717) is 6.54 Å². The van der Waals surface area contributed by atoms with Crippen LogP contribution in [0, 0.1) is 13.8 Å². The van der Waals surface area contributed by atoms with E-state index in [1.54, 1.807) is 6.21 Å². The Labute approximate surface area is 104 Å². The van der Waals surface area contributed by atoms with Crippen LogP contribution in [-0.4, -0.2) is 12.8 Å². The number of anilines is 1. The number of benzene rings is 1. The SMILES string of the molecule is C=C(CNc1c(C)cccc1C)N=C/C=C\C. The second-order valence-electron chi connectivity index (χ2n) is 3.99. The fourth-order valence-electron chi connectivity index (χ4n) is 1.56. The van der Waals surface area contributed by atoms with Crippen LogP contribution >= 0.6 is 0 Å². The Hall–Kier alpha value is -1.83. The maximum Gasteiger partial charge on any atom is 0.0567 e. The first kappa shape index (κ1) is 13.2. The van der Waals surface area contributed by atoms with Crippen LogP contribution in [-0.2, 0) is 0 Å². The summed E-state index contributed by atoms with van der Waals surface area (Å²) in [6.07, 6.45) is 5.59. The number of nitrogens with one attached hydrogen (secondary N) is 1. The molecule has 2 nitrogen and oxygen atoms in total. The van der Waals surface area contributed by atoms with Gasteiger partial charge in [-0.3, -0.25) is 4.99 Å². The summed E-state index contributed by atoms with van der Waals surface area (Å²) in [6.45, 7) is 10.7. The Morgan fingerprint density at radius 3 is 2.59 bits per heavy atom. The minimum absolute atomic E-state index is 0.666. The van der Waals surface area contributed by atoms with Crippen molar-refractivity contribution in [3.8, 4) is 0 Å². The zero-order valence-corrected chi connectivity index (χ0v) is 10.8. The van der Waals surface area contributed by atoms with Crippen LogP contribution in [0.4, 0.5) is 5.69 Å². The Kier molecular flexibility index (Phi) is 5.21. The van der Waals surface area contributed by atoms with E-state index in [4.69, 9.17) is 0 Å². The van der Waals surface area contributed by atoms with Gasteiger partial charge in [-0.25, -0.2) is 0 Å². The third kappa shape index (κ3) is 4.27. The van der Waals surface area contributed by atoms with Gasteiger partial charge in [0.1, 0.15) is 0 Å². The highest BCUT2D eigenvalue weighted by atomic mass is 14.9. The van der Waals surface area contributed by atoms with Gasteiger partial charge in [-0.2, -0.15) is 0 Å². The van der Waals surface area contributed by atoms with Gasteiger partial charge in [-0.15, -0.1) is 0 Å². The van der Waals surface area contributed by atoms with Crippen molar-refractivity contribution < 1.29 is 0 Å². The average molecular weight is 228 g/mol. The fourth-order valence-corrected chi connectivity index (χ4v) is 1.56. The van der Waals surface area contributed by atoms with Crippen LogP contribution in [0.15, 0.2) is 47.6 Å². The van der Waals surface area contributed by atoms with Gasteiger partial charge in [0.2, 0.25) is 0 Å². The number of aryl methyl sites for hydroxylation is 2. The van der Waals surface area contributed by atoms with Crippen molar-refractivity contribution in [3.63, 3.8) is 0 Å². The number of allylic oxidation sites excluding steroid dienone is 2. The van der Waals surface area contributed by atoms with Gasteiger partial charge >= 0.3 is 0 Å². The van der Waals surface area contributed by atoms with Crippen molar-refractivity contribution in [1.82, 2.24) is 0 Å². The molecule has 1 N–H and O–H groups in total. The monoisotopic (exact) mass is 228 g/mol. The molecule has 0 bridgehead atoms. The predicted molar refractivity (Wildman–Crippen MR) is 76.9 cm³/mol. The van der Waals surface area contributed by atoms with Crippen molar-refractivity contribution in [3.05, 3.63) is 53.8 Å². The van der Waals surface area contributed by atoms with E-state index >= 15 is 0 Å². The fraction of sp³-hybridized carbons (Fsp3) is 0.267. The quantitative estimate of drug-likeness (QED) is 0.760. The van der Waals surface area contributed by atoms with E-state index in [2.05, 4.69) is 48.9 Å². The van der Waals surface area contributed by atoms with E-state index in [9.17, 15) is 0 Å². The molecule has 0 amide bonds. The summed E-state index contributed by atoms with van der Waals surface area (Å²) < 4.78 is 0. The van der Waals surface area contributed by atoms with Crippen LogP contribution < -0.4 is 5.32 Å². The standard InChI is InChI=1S/C15H20N2/c1-5-6-10-16-14(4)11-17-15-12(2)8-7-9-13(15)3/h5-10,17H,4,11H2,1-3H3/b6-5-,16-10?. The van der Waals surface area contributed by atoms with E-state index in [0.717, 1.165) is 5.70 Å². The maximum absolute atomic E-state index is 4.22. The number of hydrogen-bond acceptors (Lipinski definition) is 2. The lowest BCUT2D eigenvalue weighted by Crippen LogP contribution is -2.05. The summed E-state index contributed by atoms with van der Waals surface area (Å²) >= 11 is 0. The molecule has 0 fully saturated rings. The topological polar surface area (TPSA) is 24.4 Å². The average Bonchev–Trinajstić information content (AvgIpc) is 2.29. The third-order valence-electron chi connectivity index (χ3n) is 2.49. The van der Waals surface area contributed by atoms with E-state index < -0.39 is 0 Å². The van der Waals surface area contributed by atoms with Crippen LogP contribution in [0.25, 0.3) is 0 Å². The second-order valence-corrected chi connectivity index (χ2v) is 3.99. The van der Waals surface area contributed by atoms with Gasteiger partial charge in [-0.1, -0.05) is 30.9 Å². The van der Waals surface area contributed by atoms with Crippen LogP contribution in [0.1, 0.15) is 18.1 Å². The third-order valence-corrected chi connectivity index (χ3v) is 2.49. The largest absolute Gasteiger partial charge is 0.379 e. The lowest BCUT2D eigenvalue weighted by molar-refractivity contribution is 1.16. The molecular formula is C15H20N2. The minimum Gasteiger partial charge on any atom is -0.379 e. The smallest absolute Gasteiger partial charge is 0.0567 e. The molecule has 0 aliphatic carbocycles. The molecule has 1 rings (SSSR count). The molecule has 0 aliphatic rings. The molecule has 0 aliphatic heterocycles. The minimum atomic E-state index is 0.666. The summed E-state index contributed by atoms with van der Waals surface area (Å²) in [7, 11) is 0. The molecule has 2 heteroatoms. The molecular weight excluding hydrogens is 208 g/mol. The van der Waals surface area contributed by atoms with Crippen molar-refractivity contribution in [2.24, 2.45) is 4.99 Å². The molecule has 0 aromatic heterocycles. The van der Waals surface area contributed by atoms with Crippen molar-refractivity contribution >= 4 is 11.9 Å². The van der Waals surface area contributed by atoms with Gasteiger partial charge in [-0.05, 0) is 38.0 Å². The van der Waals surface area contributed by atoms with E-state index in [1.807, 2.05) is 19.1 Å². The van der Waals surface area contributed by atoms with Crippen LogP contribution in [0.2, 0.25) is 0 Å². The molecule has 1 aromatic carbocycles. The van der Waals surface area contributed by atoms with E-state index in [1.165, 1.54) is 16.8 Å². The van der Waals surface area contributed by atoms with Gasteiger partial charge < -0.3 is 5.32 Å². The molecule has 0 radical (unpaired) electrons. The highest BCUT2D eigenvalue weighted by molar-refractivity contribution is 5.72. The van der Waals surface area contributed by atoms with Crippen molar-refractivity contribution in [1.29, 1.82) is 0 Å². The molecule has 1 aromatic rings. The van der Waals surface area contributed by atoms with Crippen molar-refractivity contribution in [2.45, 2.75) is 20.8 Å². The number of para-hydroxylation sites is 1.